The van der Waals surface area contributed by atoms with Gasteiger partial charge in [-0.1, -0.05) is 24.3 Å². The number of halogens is 1. The van der Waals surface area contributed by atoms with Crippen LogP contribution in [0.15, 0.2) is 53.7 Å². The van der Waals surface area contributed by atoms with Crippen molar-refractivity contribution in [2.24, 2.45) is 4.99 Å². The third-order valence-corrected chi connectivity index (χ3v) is 5.26. The maximum atomic E-state index is 12.8. The molecule has 1 aromatic heterocycles. The Bertz CT molecular complexity index is 877. The van der Waals surface area contributed by atoms with Crippen LogP contribution in [0.3, 0.4) is 0 Å². The van der Waals surface area contributed by atoms with E-state index in [0.29, 0.717) is 5.88 Å². The predicted octanol–water partition coefficient (Wildman–Crippen LogP) is 2.71. The monoisotopic (exact) mass is 521 g/mol. The van der Waals surface area contributed by atoms with E-state index in [9.17, 15) is 4.79 Å². The Balaban J connectivity index is 0.00000256. The summed E-state index contributed by atoms with van der Waals surface area (Å²) in [4.78, 5) is 25.6. The largest absolute Gasteiger partial charge is 0.472 e. The smallest absolute Gasteiger partial charge is 0.248 e. The second kappa shape index (κ2) is 10.6. The number of rotatable bonds is 5. The number of benzene rings is 1. The first-order valence-electron chi connectivity index (χ1n) is 10.2. The van der Waals surface area contributed by atoms with E-state index in [1.165, 1.54) is 5.56 Å². The Hall–Kier alpha value is -2.36. The zero-order valence-corrected chi connectivity index (χ0v) is 19.5. The molecule has 1 amide bonds. The van der Waals surface area contributed by atoms with Crippen molar-refractivity contribution in [1.82, 2.24) is 15.2 Å². The van der Waals surface area contributed by atoms with Crippen LogP contribution in [0.5, 0.6) is 5.88 Å². The minimum Gasteiger partial charge on any atom is -0.472 e. The summed E-state index contributed by atoms with van der Waals surface area (Å²) < 4.78 is 5.97. The molecule has 2 aliphatic rings. The normalized spacial score (nSPS) is 18.0. The highest BCUT2D eigenvalue weighted by atomic mass is 127. The molecule has 4 rings (SSSR count). The van der Waals surface area contributed by atoms with Crippen LogP contribution in [0.1, 0.15) is 18.9 Å². The van der Waals surface area contributed by atoms with Gasteiger partial charge in [0.2, 0.25) is 11.8 Å². The van der Waals surface area contributed by atoms with Crippen molar-refractivity contribution in [1.29, 1.82) is 0 Å². The van der Waals surface area contributed by atoms with E-state index in [-0.39, 0.29) is 42.5 Å². The number of pyridine rings is 1. The highest BCUT2D eigenvalue weighted by Crippen LogP contribution is 2.27. The lowest BCUT2D eigenvalue weighted by Crippen LogP contribution is -2.42. The standard InChI is InChI=1S/C22H27N5O2.HI/c1-2-23-22(26-13-11-18(16-26)29-20-9-5-6-12-24-20)25-15-21(28)27-14-10-17-7-3-4-8-19(17)27;/h3-9,12,18H,2,10-11,13-16H2,1H3,(H,23,25);1H. The number of ether oxygens (including phenoxy) is 1. The number of aliphatic imine (C=N–C) groups is 1. The van der Waals surface area contributed by atoms with E-state index >= 15 is 0 Å². The zero-order valence-electron chi connectivity index (χ0n) is 17.2. The zero-order chi connectivity index (χ0) is 20.1. The van der Waals surface area contributed by atoms with Crippen molar-refractivity contribution in [2.45, 2.75) is 25.9 Å². The van der Waals surface area contributed by atoms with E-state index < -0.39 is 0 Å². The lowest BCUT2D eigenvalue weighted by atomic mass is 10.2. The number of fused-ring (bicyclic) bond motifs is 1. The molecule has 0 radical (unpaired) electrons. The van der Waals surface area contributed by atoms with E-state index in [1.54, 1.807) is 6.20 Å². The van der Waals surface area contributed by atoms with Crippen LogP contribution >= 0.6 is 24.0 Å². The number of likely N-dealkylation sites (tertiary alicyclic amines) is 1. The molecule has 1 saturated heterocycles. The second-order valence-electron chi connectivity index (χ2n) is 7.24. The molecule has 0 aliphatic carbocycles. The van der Waals surface area contributed by atoms with E-state index in [4.69, 9.17) is 4.74 Å². The average Bonchev–Trinajstić information content (AvgIpc) is 3.39. The SMILES string of the molecule is CCNC(=NCC(=O)N1CCc2ccccc21)N1CCC(Oc2ccccn2)C1.I. The highest BCUT2D eigenvalue weighted by molar-refractivity contribution is 14.0. The summed E-state index contributed by atoms with van der Waals surface area (Å²) in [6, 6.07) is 13.8. The van der Waals surface area contributed by atoms with Crippen molar-refractivity contribution >= 4 is 41.5 Å². The fraction of sp³-hybridized carbons (Fsp3) is 0.409. The third kappa shape index (κ3) is 5.21. The maximum Gasteiger partial charge on any atom is 0.248 e. The highest BCUT2D eigenvalue weighted by Gasteiger charge is 2.28. The van der Waals surface area contributed by atoms with Crippen LogP contribution in [0.4, 0.5) is 5.69 Å². The fourth-order valence-corrected chi connectivity index (χ4v) is 3.86. The number of para-hydroxylation sites is 1. The number of nitrogens with zero attached hydrogens (tertiary/aromatic N) is 4. The summed E-state index contributed by atoms with van der Waals surface area (Å²) in [5.41, 5.74) is 2.24. The van der Waals surface area contributed by atoms with Gasteiger partial charge in [0.25, 0.3) is 0 Å². The molecule has 8 heteroatoms. The topological polar surface area (TPSA) is 70.1 Å². The number of anilines is 1. The van der Waals surface area contributed by atoms with Gasteiger partial charge in [0, 0.05) is 44.0 Å². The molecule has 2 aliphatic heterocycles. The molecule has 1 atom stereocenters. The van der Waals surface area contributed by atoms with Gasteiger partial charge in [-0.3, -0.25) is 4.79 Å². The van der Waals surface area contributed by atoms with Gasteiger partial charge in [-0.2, -0.15) is 0 Å². The van der Waals surface area contributed by atoms with Gasteiger partial charge in [0.05, 0.1) is 6.54 Å². The molecule has 0 saturated carbocycles. The van der Waals surface area contributed by atoms with E-state index in [1.807, 2.05) is 48.2 Å². The third-order valence-electron chi connectivity index (χ3n) is 5.26. The Morgan fingerprint density at radius 1 is 1.23 bits per heavy atom. The van der Waals surface area contributed by atoms with Crippen LogP contribution in [0, 0.1) is 0 Å². The molecule has 1 unspecified atom stereocenters. The fourth-order valence-electron chi connectivity index (χ4n) is 3.86. The molecule has 160 valence electrons. The molecule has 1 fully saturated rings. The molecule has 3 heterocycles. The van der Waals surface area contributed by atoms with Gasteiger partial charge in [0.1, 0.15) is 12.6 Å². The summed E-state index contributed by atoms with van der Waals surface area (Å²) in [6.07, 6.45) is 3.60. The van der Waals surface area contributed by atoms with Crippen molar-refractivity contribution in [3.8, 4) is 5.88 Å². The number of hydrogen-bond donors (Lipinski definition) is 1. The maximum absolute atomic E-state index is 12.8. The van der Waals surface area contributed by atoms with E-state index in [2.05, 4.69) is 26.3 Å². The Kier molecular flexibility index (Phi) is 7.89. The Labute approximate surface area is 194 Å². The van der Waals surface area contributed by atoms with Crippen molar-refractivity contribution in [3.63, 3.8) is 0 Å². The molecule has 30 heavy (non-hydrogen) atoms. The molecular formula is C22H28IN5O2. The number of nitrogens with one attached hydrogen (secondary N) is 1. The molecule has 7 nitrogen and oxygen atoms in total. The Morgan fingerprint density at radius 2 is 2.07 bits per heavy atom. The molecule has 1 N–H and O–H groups in total. The minimum atomic E-state index is 0. The summed E-state index contributed by atoms with van der Waals surface area (Å²) >= 11 is 0. The first kappa shape index (κ1) is 22.3. The van der Waals surface area contributed by atoms with Crippen molar-refractivity contribution in [2.75, 3.05) is 37.6 Å². The van der Waals surface area contributed by atoms with Gasteiger partial charge in [-0.15, -0.1) is 24.0 Å². The Morgan fingerprint density at radius 3 is 2.87 bits per heavy atom. The number of hydrogen-bond acceptors (Lipinski definition) is 4. The molecule has 2 aromatic rings. The lowest BCUT2D eigenvalue weighted by molar-refractivity contribution is -0.117. The quantitative estimate of drug-likeness (QED) is 0.373. The van der Waals surface area contributed by atoms with Crippen LogP contribution in [0.25, 0.3) is 0 Å². The molecule has 0 spiro atoms. The van der Waals surface area contributed by atoms with Gasteiger partial charge in [-0.05, 0) is 31.0 Å². The summed E-state index contributed by atoms with van der Waals surface area (Å²) in [5, 5.41) is 3.31. The van der Waals surface area contributed by atoms with Crippen molar-refractivity contribution in [3.05, 3.63) is 54.2 Å². The second-order valence-corrected chi connectivity index (χ2v) is 7.24. The van der Waals surface area contributed by atoms with Gasteiger partial charge in [0.15, 0.2) is 5.96 Å². The first-order chi connectivity index (χ1) is 14.2. The van der Waals surface area contributed by atoms with Crippen LogP contribution in [-0.2, 0) is 11.2 Å². The van der Waals surface area contributed by atoms with Crippen LogP contribution < -0.4 is 15.0 Å². The predicted molar refractivity (Wildman–Crippen MR) is 129 cm³/mol. The first-order valence-corrected chi connectivity index (χ1v) is 10.2. The number of carbonyl (C=O) groups excluding carboxylic acids is 1. The molecule has 1 aromatic carbocycles. The van der Waals surface area contributed by atoms with Crippen molar-refractivity contribution < 1.29 is 9.53 Å². The minimum absolute atomic E-state index is 0. The van der Waals surface area contributed by atoms with Crippen LogP contribution in [-0.4, -0.2) is 60.6 Å². The van der Waals surface area contributed by atoms with Crippen LogP contribution in [0.2, 0.25) is 0 Å². The molecule has 0 bridgehead atoms. The van der Waals surface area contributed by atoms with Gasteiger partial charge < -0.3 is 19.9 Å². The number of carbonyl (C=O) groups is 1. The van der Waals surface area contributed by atoms with Gasteiger partial charge in [-0.25, -0.2) is 9.98 Å². The molecular weight excluding hydrogens is 493 g/mol. The summed E-state index contributed by atoms with van der Waals surface area (Å²) in [5.74, 6) is 1.44. The number of amides is 1. The van der Waals surface area contributed by atoms with E-state index in [0.717, 1.165) is 50.7 Å². The lowest BCUT2D eigenvalue weighted by Gasteiger charge is -2.22. The summed E-state index contributed by atoms with van der Waals surface area (Å²) in [6.45, 7) is 5.22. The number of aromatic nitrogens is 1. The summed E-state index contributed by atoms with van der Waals surface area (Å²) in [7, 11) is 0. The average molecular weight is 521 g/mol. The number of guanidine groups is 1. The van der Waals surface area contributed by atoms with Gasteiger partial charge >= 0.3 is 0 Å².